The predicted octanol–water partition coefficient (Wildman–Crippen LogP) is -0.948. The summed E-state index contributed by atoms with van der Waals surface area (Å²) in [6.07, 6.45) is 9.43. The van der Waals surface area contributed by atoms with Crippen LogP contribution in [-0.4, -0.2) is 180 Å². The summed E-state index contributed by atoms with van der Waals surface area (Å²) in [4.78, 5) is 162. The Labute approximate surface area is 484 Å². The van der Waals surface area contributed by atoms with Crippen LogP contribution < -0.4 is 43.0 Å². The molecule has 9 amide bonds. The molecule has 26 nitrogen and oxygen atoms in total. The smallest absolute Gasteiger partial charge is 0.303 e. The first-order chi connectivity index (χ1) is 40.5. The fourth-order valence-corrected chi connectivity index (χ4v) is 12.0. The molecule has 450 valence electrons. The number of carboxylic acids is 1. The third-order valence-electron chi connectivity index (χ3n) is 16.4. The van der Waals surface area contributed by atoms with Gasteiger partial charge in [0.15, 0.2) is 0 Å². The molecule has 3 saturated heterocycles. The van der Waals surface area contributed by atoms with E-state index in [2.05, 4.69) is 52.2 Å². The van der Waals surface area contributed by atoms with E-state index in [1.807, 2.05) is 24.3 Å². The molecular formula is C58H75N13O13. The van der Waals surface area contributed by atoms with E-state index in [0.717, 1.165) is 36.6 Å². The van der Waals surface area contributed by atoms with Crippen molar-refractivity contribution in [3.05, 3.63) is 90.1 Å². The second kappa shape index (κ2) is 29.1. The Bertz CT molecular complexity index is 3000. The molecular weight excluding hydrogens is 1090 g/mol. The Morgan fingerprint density at radius 2 is 1.30 bits per heavy atom. The number of amides is 9. The molecule has 1 saturated carbocycles. The highest BCUT2D eigenvalue weighted by molar-refractivity contribution is 5.99. The standard InChI is InChI=1S/C58H75N13O13/c59-49(74)20-19-41(51(77)66-42(24-33-10-2-1-3-11-33)52(78)63-36(30-72)18-21-50(75)76)65-55(81)47-16-8-23-71(47)58(84)45(27-37-29-60-32-62-37)68-54(80)46(31-73)69-53(79)43(26-35-28-61-40-15-7-5-13-38(35)40)67-56(82)48-17-9-22-70(48)57(83)44-25-34-12-4-6-14-39(34)64-44/h1-3,5,7,10-11,13,15,28-30,32,34,36,39,41-48,61,64,73H,4,6,8-9,12,14,16-27,31H2,(H2,59,74)(H,60,62)(H,63,78)(H,65,81)(H,66,77)(H,67,82)(H,68,80)(H,69,79)(H,75,76)/t34-,36-,39-,41-,42-,43-,44-,45-,46-,47-,48-/m0/s1. The van der Waals surface area contributed by atoms with Gasteiger partial charge in [-0.1, -0.05) is 61.4 Å². The summed E-state index contributed by atoms with van der Waals surface area (Å²) < 4.78 is 0. The first-order valence-electron chi connectivity index (χ1n) is 28.8. The predicted molar refractivity (Wildman–Crippen MR) is 301 cm³/mol. The lowest BCUT2D eigenvalue weighted by molar-refractivity contribution is -0.143. The van der Waals surface area contributed by atoms with Gasteiger partial charge in [-0.25, -0.2) is 4.98 Å². The SMILES string of the molecule is NC(=O)CC[C@H](NC(=O)[C@@H]1CCCN1C(=O)[C@H](Cc1cnc[nH]1)NC(=O)[C@H](CO)NC(=O)[C@H](Cc1c[nH]c2ccccc12)NC(=O)[C@@H]1CCCN1C(=O)[C@@H]1C[C@@H]2CCCC[C@@H]2N1)C(=O)N[C@@H](Cc1ccccc1)C(=O)N[C@H](C=O)CCC(=O)O. The molecule has 2 aromatic carbocycles. The normalized spacial score (nSPS) is 21.4. The summed E-state index contributed by atoms with van der Waals surface area (Å²) in [5, 5.41) is 40.0. The second-order valence-electron chi connectivity index (χ2n) is 22.2. The number of primary amides is 1. The first-order valence-corrected chi connectivity index (χ1v) is 28.8. The number of carbonyl (C=O) groups excluding carboxylic acids is 10. The second-order valence-corrected chi connectivity index (χ2v) is 22.2. The van der Waals surface area contributed by atoms with E-state index in [4.69, 9.17) is 10.8 Å². The maximum absolute atomic E-state index is 14.8. The zero-order valence-corrected chi connectivity index (χ0v) is 46.6. The van der Waals surface area contributed by atoms with Crippen LogP contribution in [0.2, 0.25) is 0 Å². The van der Waals surface area contributed by atoms with E-state index in [9.17, 15) is 57.8 Å². The van der Waals surface area contributed by atoms with Gasteiger partial charge in [-0.15, -0.1) is 0 Å². The highest BCUT2D eigenvalue weighted by Crippen LogP contribution is 2.35. The number of hydrogen-bond acceptors (Lipinski definition) is 14. The number of benzene rings is 2. The summed E-state index contributed by atoms with van der Waals surface area (Å²) in [7, 11) is 0. The maximum atomic E-state index is 14.8. The van der Waals surface area contributed by atoms with E-state index in [0.29, 0.717) is 61.3 Å². The largest absolute Gasteiger partial charge is 0.481 e. The lowest BCUT2D eigenvalue weighted by Gasteiger charge is -2.31. The molecule has 0 unspecified atom stereocenters. The van der Waals surface area contributed by atoms with Crippen LogP contribution in [0.15, 0.2) is 73.3 Å². The number of H-pyrrole nitrogens is 2. The number of nitrogens with zero attached hydrogens (tertiary/aromatic N) is 3. The number of hydrogen-bond donors (Lipinski definition) is 12. The van der Waals surface area contributed by atoms with Crippen molar-refractivity contribution in [1.29, 1.82) is 0 Å². The van der Waals surface area contributed by atoms with Gasteiger partial charge in [0.2, 0.25) is 53.2 Å². The Balaban J connectivity index is 0.961. The Morgan fingerprint density at radius 3 is 1.99 bits per heavy atom. The molecule has 8 rings (SSSR count). The van der Waals surface area contributed by atoms with Crippen molar-refractivity contribution in [3.8, 4) is 0 Å². The van der Waals surface area contributed by atoms with Gasteiger partial charge in [-0.2, -0.15) is 0 Å². The molecule has 5 heterocycles. The number of imidazole rings is 1. The number of carboxylic acid groups (broad SMARTS) is 1. The molecule has 0 spiro atoms. The first kappa shape index (κ1) is 61.5. The van der Waals surface area contributed by atoms with Crippen LogP contribution in [0.3, 0.4) is 0 Å². The van der Waals surface area contributed by atoms with Gasteiger partial charge in [0, 0.05) is 80.2 Å². The van der Waals surface area contributed by atoms with Crippen LogP contribution in [0, 0.1) is 5.92 Å². The number of likely N-dealkylation sites (tertiary alicyclic amines) is 2. The van der Waals surface area contributed by atoms with Crippen LogP contribution in [0.4, 0.5) is 0 Å². The Morgan fingerprint density at radius 1 is 0.667 bits per heavy atom. The quantitative estimate of drug-likeness (QED) is 0.0305. The molecule has 0 radical (unpaired) electrons. The topological polar surface area (TPSA) is 389 Å². The molecule has 13 N–H and O–H groups in total. The van der Waals surface area contributed by atoms with Crippen molar-refractivity contribution in [1.82, 2.24) is 62.0 Å². The van der Waals surface area contributed by atoms with E-state index in [-0.39, 0.29) is 63.4 Å². The van der Waals surface area contributed by atoms with Gasteiger partial charge in [0.05, 0.1) is 25.0 Å². The van der Waals surface area contributed by atoms with E-state index in [1.54, 1.807) is 41.4 Å². The van der Waals surface area contributed by atoms with Gasteiger partial charge < -0.3 is 77.7 Å². The number of aromatic nitrogens is 3. The van der Waals surface area contributed by atoms with E-state index < -0.39 is 121 Å². The van der Waals surface area contributed by atoms with Crippen LogP contribution >= 0.6 is 0 Å². The number of aliphatic carboxylic acids is 1. The van der Waals surface area contributed by atoms with Gasteiger partial charge in [0.1, 0.15) is 48.6 Å². The van der Waals surface area contributed by atoms with Crippen molar-refractivity contribution >= 4 is 76.3 Å². The van der Waals surface area contributed by atoms with E-state index >= 15 is 0 Å². The molecule has 2 aromatic heterocycles. The zero-order chi connectivity index (χ0) is 59.9. The van der Waals surface area contributed by atoms with Crippen molar-refractivity contribution in [2.75, 3.05) is 19.7 Å². The molecule has 4 aliphatic rings. The lowest BCUT2D eigenvalue weighted by Crippen LogP contribution is -2.61. The summed E-state index contributed by atoms with van der Waals surface area (Å²) in [5.74, 6) is -7.46. The van der Waals surface area contributed by atoms with Crippen molar-refractivity contribution in [2.45, 2.75) is 163 Å². The molecule has 4 aromatic rings. The minimum absolute atomic E-state index is 0.0150. The number of carbonyl (C=O) groups is 11. The average Bonchev–Trinajstić information content (AvgIpc) is 4.49. The third-order valence-corrected chi connectivity index (χ3v) is 16.4. The summed E-state index contributed by atoms with van der Waals surface area (Å²) in [6.45, 7) is -0.561. The van der Waals surface area contributed by atoms with Crippen LogP contribution in [-0.2, 0) is 72.0 Å². The monoisotopic (exact) mass is 1160 g/mol. The van der Waals surface area contributed by atoms with Gasteiger partial charge in [-0.05, 0) is 80.9 Å². The molecule has 3 aliphatic heterocycles. The van der Waals surface area contributed by atoms with Gasteiger partial charge in [-0.3, -0.25) is 47.9 Å². The number of fused-ring (bicyclic) bond motifs is 2. The van der Waals surface area contributed by atoms with Crippen molar-refractivity contribution in [2.24, 2.45) is 11.7 Å². The molecule has 4 fully saturated rings. The molecule has 0 bridgehead atoms. The number of para-hydroxylation sites is 1. The Kier molecular flexibility index (Phi) is 21.3. The average molecular weight is 1160 g/mol. The van der Waals surface area contributed by atoms with Gasteiger partial charge in [0.25, 0.3) is 0 Å². The third kappa shape index (κ3) is 16.0. The zero-order valence-electron chi connectivity index (χ0n) is 46.6. The van der Waals surface area contributed by atoms with Crippen molar-refractivity contribution in [3.63, 3.8) is 0 Å². The number of aromatic amines is 2. The summed E-state index contributed by atoms with van der Waals surface area (Å²) >= 11 is 0. The number of rotatable bonds is 28. The lowest BCUT2D eigenvalue weighted by atomic mass is 9.85. The highest BCUT2D eigenvalue weighted by Gasteiger charge is 2.45. The fourth-order valence-electron chi connectivity index (χ4n) is 12.0. The van der Waals surface area contributed by atoms with Crippen LogP contribution in [0.1, 0.15) is 100 Å². The van der Waals surface area contributed by atoms with Crippen molar-refractivity contribution < 1.29 is 63.0 Å². The Hall–Kier alpha value is -8.52. The molecule has 11 atom stereocenters. The number of nitrogens with two attached hydrogens (primary N) is 1. The summed E-state index contributed by atoms with van der Waals surface area (Å²) in [5.41, 5.74) is 7.90. The fraction of sp³-hybridized carbons (Fsp3) is 0.517. The summed E-state index contributed by atoms with van der Waals surface area (Å²) in [6, 6.07) is 5.12. The minimum Gasteiger partial charge on any atom is -0.481 e. The number of nitrogens with one attached hydrogen (secondary N) is 9. The number of aldehydes is 1. The number of aliphatic hydroxyl groups excluding tert-OH is 1. The molecule has 1 aliphatic carbocycles. The highest BCUT2D eigenvalue weighted by atomic mass is 16.4. The molecule has 84 heavy (non-hydrogen) atoms. The molecule has 26 heteroatoms. The maximum Gasteiger partial charge on any atom is 0.303 e. The van der Waals surface area contributed by atoms with Crippen LogP contribution in [0.25, 0.3) is 10.9 Å². The van der Waals surface area contributed by atoms with Gasteiger partial charge >= 0.3 is 5.97 Å². The van der Waals surface area contributed by atoms with E-state index in [1.165, 1.54) is 17.4 Å². The van der Waals surface area contributed by atoms with Crippen LogP contribution in [0.5, 0.6) is 0 Å². The number of aliphatic hydroxyl groups is 1. The minimum atomic E-state index is -1.68.